The number of aryl methyl sites for hydroxylation is 2. The summed E-state index contributed by atoms with van der Waals surface area (Å²) in [6.45, 7) is 7.45. The third-order valence-electron chi connectivity index (χ3n) is 3.68. The lowest BCUT2D eigenvalue weighted by atomic mass is 10.1. The van der Waals surface area contributed by atoms with Crippen LogP contribution < -0.4 is 10.1 Å². The molecule has 1 atom stereocenters. The SMILES string of the molecule is COc1cc(C)c(S(=O)(=O)N2CCNCC2C)c(C)c1. The molecule has 112 valence electrons. The van der Waals surface area contributed by atoms with Crippen molar-refractivity contribution in [1.29, 1.82) is 0 Å². The molecule has 1 saturated heterocycles. The van der Waals surface area contributed by atoms with Crippen LogP contribution in [0, 0.1) is 13.8 Å². The highest BCUT2D eigenvalue weighted by atomic mass is 32.2. The molecule has 0 spiro atoms. The van der Waals surface area contributed by atoms with Crippen LogP contribution in [0.3, 0.4) is 0 Å². The summed E-state index contributed by atoms with van der Waals surface area (Å²) in [6.07, 6.45) is 0. The molecule has 1 aromatic rings. The lowest BCUT2D eigenvalue weighted by Gasteiger charge is -2.33. The van der Waals surface area contributed by atoms with Gasteiger partial charge in [-0.1, -0.05) is 0 Å². The van der Waals surface area contributed by atoms with Gasteiger partial charge in [0, 0.05) is 25.7 Å². The Morgan fingerprint density at radius 2 is 1.90 bits per heavy atom. The Kier molecular flexibility index (Phi) is 4.36. The van der Waals surface area contributed by atoms with Crippen molar-refractivity contribution in [1.82, 2.24) is 9.62 Å². The largest absolute Gasteiger partial charge is 0.497 e. The number of sulfonamides is 1. The molecule has 1 heterocycles. The van der Waals surface area contributed by atoms with E-state index in [1.54, 1.807) is 23.5 Å². The third-order valence-corrected chi connectivity index (χ3v) is 6.00. The summed E-state index contributed by atoms with van der Waals surface area (Å²) in [6, 6.07) is 3.51. The van der Waals surface area contributed by atoms with Gasteiger partial charge in [0.15, 0.2) is 0 Å². The number of hydrogen-bond donors (Lipinski definition) is 1. The topological polar surface area (TPSA) is 58.6 Å². The predicted octanol–water partition coefficient (Wildman–Crippen LogP) is 1.29. The molecule has 20 heavy (non-hydrogen) atoms. The van der Waals surface area contributed by atoms with Crippen molar-refractivity contribution in [2.75, 3.05) is 26.7 Å². The van der Waals surface area contributed by atoms with Crippen molar-refractivity contribution in [3.8, 4) is 5.75 Å². The minimum Gasteiger partial charge on any atom is -0.497 e. The maximum atomic E-state index is 12.9. The molecule has 0 aliphatic carbocycles. The predicted molar refractivity (Wildman–Crippen MR) is 78.7 cm³/mol. The highest BCUT2D eigenvalue weighted by Gasteiger charge is 2.33. The van der Waals surface area contributed by atoms with E-state index in [9.17, 15) is 8.42 Å². The van der Waals surface area contributed by atoms with Crippen LogP contribution in [0.5, 0.6) is 5.75 Å². The van der Waals surface area contributed by atoms with Gasteiger partial charge in [-0.3, -0.25) is 0 Å². The molecule has 1 aliphatic heterocycles. The number of piperazine rings is 1. The highest BCUT2D eigenvalue weighted by molar-refractivity contribution is 7.89. The van der Waals surface area contributed by atoms with Crippen LogP contribution in [0.1, 0.15) is 18.1 Å². The van der Waals surface area contributed by atoms with E-state index >= 15 is 0 Å². The van der Waals surface area contributed by atoms with Gasteiger partial charge in [0.05, 0.1) is 12.0 Å². The number of ether oxygens (including phenoxy) is 1. The number of hydrogen-bond acceptors (Lipinski definition) is 4. The summed E-state index contributed by atoms with van der Waals surface area (Å²) in [4.78, 5) is 0.409. The molecule has 1 unspecified atom stereocenters. The maximum absolute atomic E-state index is 12.9. The standard InChI is InChI=1S/C14H22N2O3S/c1-10-7-13(19-4)8-11(2)14(10)20(17,18)16-6-5-15-9-12(16)3/h7-8,12,15H,5-6,9H2,1-4H3. The van der Waals surface area contributed by atoms with Crippen LogP contribution in [0.15, 0.2) is 17.0 Å². The molecule has 0 aromatic heterocycles. The van der Waals surface area contributed by atoms with Gasteiger partial charge in [-0.2, -0.15) is 4.31 Å². The van der Waals surface area contributed by atoms with Crippen molar-refractivity contribution in [3.63, 3.8) is 0 Å². The number of rotatable bonds is 3. The second kappa shape index (κ2) is 5.71. The fourth-order valence-corrected chi connectivity index (χ4v) is 4.78. The molecule has 6 heteroatoms. The lowest BCUT2D eigenvalue weighted by Crippen LogP contribution is -2.52. The summed E-state index contributed by atoms with van der Waals surface area (Å²) in [5, 5.41) is 3.21. The molecule has 5 nitrogen and oxygen atoms in total. The Morgan fingerprint density at radius 3 is 2.40 bits per heavy atom. The van der Waals surface area contributed by atoms with E-state index in [-0.39, 0.29) is 6.04 Å². The van der Waals surface area contributed by atoms with Gasteiger partial charge in [-0.15, -0.1) is 0 Å². The number of benzene rings is 1. The molecule has 1 aromatic carbocycles. The van der Waals surface area contributed by atoms with E-state index in [1.165, 1.54) is 0 Å². The number of methoxy groups -OCH3 is 1. The van der Waals surface area contributed by atoms with Gasteiger partial charge in [-0.25, -0.2) is 8.42 Å². The summed E-state index contributed by atoms with van der Waals surface area (Å²) in [7, 11) is -1.88. The van der Waals surface area contributed by atoms with Crippen LogP contribution in [-0.4, -0.2) is 45.5 Å². The van der Waals surface area contributed by atoms with E-state index < -0.39 is 10.0 Å². The normalized spacial score (nSPS) is 20.9. The van der Waals surface area contributed by atoms with Gasteiger partial charge in [0.1, 0.15) is 5.75 Å². The Balaban J connectivity index is 2.49. The van der Waals surface area contributed by atoms with Crippen LogP contribution in [0.2, 0.25) is 0 Å². The summed E-state index contributed by atoms with van der Waals surface area (Å²) < 4.78 is 32.6. The van der Waals surface area contributed by atoms with Crippen molar-refractivity contribution in [2.45, 2.75) is 31.7 Å². The smallest absolute Gasteiger partial charge is 0.243 e. The average molecular weight is 298 g/mol. The summed E-state index contributed by atoms with van der Waals surface area (Å²) >= 11 is 0. The second-order valence-corrected chi connectivity index (χ2v) is 7.09. The Morgan fingerprint density at radius 1 is 1.30 bits per heavy atom. The van der Waals surface area contributed by atoms with E-state index in [0.717, 1.165) is 11.1 Å². The molecule has 1 N–H and O–H groups in total. The summed E-state index contributed by atoms with van der Waals surface area (Å²) in [5.74, 6) is 0.687. The van der Waals surface area contributed by atoms with Gasteiger partial charge in [0.25, 0.3) is 0 Å². The second-order valence-electron chi connectivity index (χ2n) is 5.26. The zero-order chi connectivity index (χ0) is 14.9. The molecule has 0 amide bonds. The molecular weight excluding hydrogens is 276 g/mol. The minimum atomic E-state index is -3.46. The maximum Gasteiger partial charge on any atom is 0.243 e. The summed E-state index contributed by atoms with van der Waals surface area (Å²) in [5.41, 5.74) is 1.46. The zero-order valence-electron chi connectivity index (χ0n) is 12.4. The van der Waals surface area contributed by atoms with Crippen LogP contribution in [0.4, 0.5) is 0 Å². The van der Waals surface area contributed by atoms with Gasteiger partial charge in [0.2, 0.25) is 10.0 Å². The van der Waals surface area contributed by atoms with Crippen molar-refractivity contribution < 1.29 is 13.2 Å². The molecule has 0 bridgehead atoms. The van der Waals surface area contributed by atoms with Gasteiger partial charge in [-0.05, 0) is 44.0 Å². The molecule has 0 radical (unpaired) electrons. The Hall–Kier alpha value is -1.11. The molecule has 2 rings (SSSR count). The van der Waals surface area contributed by atoms with E-state index in [4.69, 9.17) is 4.74 Å². The van der Waals surface area contributed by atoms with Crippen LogP contribution in [0.25, 0.3) is 0 Å². The van der Waals surface area contributed by atoms with E-state index in [1.807, 2.05) is 20.8 Å². The van der Waals surface area contributed by atoms with Crippen molar-refractivity contribution in [2.24, 2.45) is 0 Å². The van der Waals surface area contributed by atoms with E-state index in [0.29, 0.717) is 30.3 Å². The van der Waals surface area contributed by atoms with E-state index in [2.05, 4.69) is 5.32 Å². The first-order valence-corrected chi connectivity index (χ1v) is 8.19. The average Bonchev–Trinajstić information content (AvgIpc) is 2.37. The quantitative estimate of drug-likeness (QED) is 0.913. The van der Waals surface area contributed by atoms with Crippen molar-refractivity contribution in [3.05, 3.63) is 23.3 Å². The number of nitrogens with one attached hydrogen (secondary N) is 1. The first-order chi connectivity index (χ1) is 9.37. The first kappa shape index (κ1) is 15.3. The molecule has 1 aliphatic rings. The minimum absolute atomic E-state index is 0.0327. The third kappa shape index (κ3) is 2.68. The van der Waals surface area contributed by atoms with Crippen molar-refractivity contribution >= 4 is 10.0 Å². The monoisotopic (exact) mass is 298 g/mol. The Labute approximate surface area is 121 Å². The van der Waals surface area contributed by atoms with Crippen LogP contribution in [-0.2, 0) is 10.0 Å². The first-order valence-electron chi connectivity index (χ1n) is 6.75. The Bertz CT molecular complexity index is 575. The molecule has 0 saturated carbocycles. The lowest BCUT2D eigenvalue weighted by molar-refractivity contribution is 0.283. The van der Waals surface area contributed by atoms with Gasteiger partial charge < -0.3 is 10.1 Å². The molecular formula is C14H22N2O3S. The fourth-order valence-electron chi connectivity index (χ4n) is 2.73. The molecule has 1 fully saturated rings. The fraction of sp³-hybridized carbons (Fsp3) is 0.571. The van der Waals surface area contributed by atoms with Crippen LogP contribution >= 0.6 is 0 Å². The van der Waals surface area contributed by atoms with Gasteiger partial charge >= 0.3 is 0 Å². The zero-order valence-corrected chi connectivity index (χ0v) is 13.3. The highest BCUT2D eigenvalue weighted by Crippen LogP contribution is 2.29. The number of nitrogens with zero attached hydrogens (tertiary/aromatic N) is 1.